The van der Waals surface area contributed by atoms with Crippen molar-refractivity contribution in [3.8, 4) is 6.07 Å². The van der Waals surface area contributed by atoms with Gasteiger partial charge in [0.25, 0.3) is 0 Å². The maximum Gasteiger partial charge on any atom is 0.235 e. The molecule has 1 aliphatic rings. The lowest BCUT2D eigenvalue weighted by Gasteiger charge is -2.12. The molecule has 166 valence electrons. The lowest BCUT2D eigenvalue weighted by molar-refractivity contribution is -0.113. The highest BCUT2D eigenvalue weighted by atomic mass is 32.2. The molecule has 0 radical (unpaired) electrons. The predicted octanol–water partition coefficient (Wildman–Crippen LogP) is 4.59. The van der Waals surface area contributed by atoms with E-state index in [1.165, 1.54) is 27.8 Å². The van der Waals surface area contributed by atoms with E-state index in [9.17, 15) is 10.1 Å². The molecule has 32 heavy (non-hydrogen) atoms. The van der Waals surface area contributed by atoms with Gasteiger partial charge in [-0.25, -0.2) is 0 Å². The molecule has 0 spiro atoms. The smallest absolute Gasteiger partial charge is 0.235 e. The second-order valence-corrected chi connectivity index (χ2v) is 9.99. The number of nitriles is 1. The molecule has 4 rings (SSSR count). The summed E-state index contributed by atoms with van der Waals surface area (Å²) < 4.78 is 1.91. The summed E-state index contributed by atoms with van der Waals surface area (Å²) in [5.41, 5.74) is 5.24. The maximum atomic E-state index is 12.6. The number of carbonyl (C=O) groups is 1. The van der Waals surface area contributed by atoms with Crippen LogP contribution in [-0.2, 0) is 31.2 Å². The van der Waals surface area contributed by atoms with Crippen molar-refractivity contribution in [2.24, 2.45) is 7.05 Å². The molecule has 3 aromatic rings. The Morgan fingerprint density at radius 2 is 2.00 bits per heavy atom. The van der Waals surface area contributed by atoms with E-state index in [0.717, 1.165) is 42.8 Å². The molecule has 7 nitrogen and oxygen atoms in total. The Morgan fingerprint density at radius 1 is 1.25 bits per heavy atom. The van der Waals surface area contributed by atoms with Crippen LogP contribution in [0.3, 0.4) is 0 Å². The van der Waals surface area contributed by atoms with E-state index in [-0.39, 0.29) is 11.7 Å². The van der Waals surface area contributed by atoms with E-state index in [4.69, 9.17) is 0 Å². The van der Waals surface area contributed by atoms with Gasteiger partial charge in [-0.05, 0) is 56.2 Å². The summed E-state index contributed by atoms with van der Waals surface area (Å²) in [4.78, 5) is 13.8. The third-order valence-corrected chi connectivity index (χ3v) is 7.93. The zero-order valence-electron chi connectivity index (χ0n) is 18.5. The third-order valence-electron chi connectivity index (χ3n) is 5.70. The summed E-state index contributed by atoms with van der Waals surface area (Å²) in [6.45, 7) is 4.70. The van der Waals surface area contributed by atoms with Gasteiger partial charge in [-0.2, -0.15) is 5.26 Å². The molecule has 2 heterocycles. The molecule has 2 N–H and O–H groups in total. The van der Waals surface area contributed by atoms with Crippen molar-refractivity contribution in [1.29, 1.82) is 5.26 Å². The Bertz CT molecular complexity index is 1170. The number of thioether (sulfide) groups is 1. The molecular weight excluding hydrogens is 440 g/mol. The SMILES string of the molecule is Cc1cccc(C)c1NCc1nnc(SCC(=O)Nc2sc3c(c2C#N)CCCC3)n1C. The van der Waals surface area contributed by atoms with Gasteiger partial charge in [0.15, 0.2) is 11.0 Å². The van der Waals surface area contributed by atoms with Gasteiger partial charge in [-0.1, -0.05) is 30.0 Å². The molecule has 0 unspecified atom stereocenters. The topological polar surface area (TPSA) is 95.6 Å². The lowest BCUT2D eigenvalue weighted by atomic mass is 9.96. The van der Waals surface area contributed by atoms with Gasteiger partial charge >= 0.3 is 0 Å². The van der Waals surface area contributed by atoms with Gasteiger partial charge < -0.3 is 15.2 Å². The van der Waals surface area contributed by atoms with E-state index >= 15 is 0 Å². The van der Waals surface area contributed by atoms with Crippen molar-refractivity contribution in [2.45, 2.75) is 51.2 Å². The van der Waals surface area contributed by atoms with Crippen LogP contribution in [0.5, 0.6) is 0 Å². The van der Waals surface area contributed by atoms with Crippen molar-refractivity contribution < 1.29 is 4.79 Å². The summed E-state index contributed by atoms with van der Waals surface area (Å²) in [5.74, 6) is 0.876. The molecule has 9 heteroatoms. The number of fused-ring (bicyclic) bond motifs is 1. The van der Waals surface area contributed by atoms with Gasteiger partial charge in [0.2, 0.25) is 5.91 Å². The van der Waals surface area contributed by atoms with Crippen LogP contribution in [0.2, 0.25) is 0 Å². The summed E-state index contributed by atoms with van der Waals surface area (Å²) in [7, 11) is 1.91. The van der Waals surface area contributed by atoms with Crippen molar-refractivity contribution in [1.82, 2.24) is 14.8 Å². The minimum atomic E-state index is -0.136. The molecule has 2 aromatic heterocycles. The second kappa shape index (κ2) is 9.76. The van der Waals surface area contributed by atoms with Gasteiger partial charge in [0.05, 0.1) is 17.9 Å². The van der Waals surface area contributed by atoms with Crippen molar-refractivity contribution in [2.75, 3.05) is 16.4 Å². The molecule has 1 amide bonds. The lowest BCUT2D eigenvalue weighted by Crippen LogP contribution is -2.14. The summed E-state index contributed by atoms with van der Waals surface area (Å²) in [5, 5.41) is 25.8. The molecule has 1 aromatic carbocycles. The number of nitrogens with zero attached hydrogens (tertiary/aromatic N) is 4. The number of aromatic nitrogens is 3. The molecular formula is C23H26N6OS2. The van der Waals surface area contributed by atoms with Crippen LogP contribution in [0.25, 0.3) is 0 Å². The van der Waals surface area contributed by atoms with Crippen LogP contribution in [-0.4, -0.2) is 26.4 Å². The normalized spacial score (nSPS) is 12.8. The predicted molar refractivity (Wildman–Crippen MR) is 129 cm³/mol. The Kier molecular flexibility index (Phi) is 6.82. The van der Waals surface area contributed by atoms with Crippen molar-refractivity contribution in [3.63, 3.8) is 0 Å². The first-order valence-corrected chi connectivity index (χ1v) is 12.4. The number of benzene rings is 1. The number of amides is 1. The first kappa shape index (κ1) is 22.4. The van der Waals surface area contributed by atoms with Gasteiger partial charge in [0, 0.05) is 17.6 Å². The second-order valence-electron chi connectivity index (χ2n) is 7.94. The van der Waals surface area contributed by atoms with E-state index in [0.29, 0.717) is 22.3 Å². The average molecular weight is 467 g/mol. The summed E-state index contributed by atoms with van der Waals surface area (Å²) in [6, 6.07) is 8.48. The first-order chi connectivity index (χ1) is 15.5. The number of anilines is 2. The van der Waals surface area contributed by atoms with Gasteiger partial charge in [-0.3, -0.25) is 4.79 Å². The zero-order valence-corrected chi connectivity index (χ0v) is 20.1. The minimum Gasteiger partial charge on any atom is -0.377 e. The number of hydrogen-bond donors (Lipinski definition) is 2. The fourth-order valence-corrected chi connectivity index (χ4v) is 5.94. The Balaban J connectivity index is 1.36. The number of aryl methyl sites for hydroxylation is 3. The highest BCUT2D eigenvalue weighted by Crippen LogP contribution is 2.37. The molecule has 0 fully saturated rings. The van der Waals surface area contributed by atoms with Gasteiger partial charge in [-0.15, -0.1) is 21.5 Å². The number of nitrogens with one attached hydrogen (secondary N) is 2. The van der Waals surface area contributed by atoms with E-state index in [1.54, 1.807) is 11.3 Å². The first-order valence-electron chi connectivity index (χ1n) is 10.6. The quantitative estimate of drug-likeness (QED) is 0.495. The number of carbonyl (C=O) groups excluding carboxylic acids is 1. The fourth-order valence-electron chi connectivity index (χ4n) is 3.95. The zero-order chi connectivity index (χ0) is 22.7. The highest BCUT2D eigenvalue weighted by molar-refractivity contribution is 7.99. The molecule has 1 aliphatic carbocycles. The van der Waals surface area contributed by atoms with Crippen LogP contribution < -0.4 is 10.6 Å². The molecule has 0 saturated carbocycles. The highest BCUT2D eigenvalue weighted by Gasteiger charge is 2.22. The molecule has 0 saturated heterocycles. The van der Waals surface area contributed by atoms with Crippen molar-refractivity contribution >= 4 is 39.7 Å². The van der Waals surface area contributed by atoms with E-state index in [2.05, 4.69) is 52.9 Å². The Hall–Kier alpha value is -2.83. The monoisotopic (exact) mass is 466 g/mol. The molecule has 0 atom stereocenters. The van der Waals surface area contributed by atoms with Crippen LogP contribution in [0.1, 0.15) is 45.8 Å². The Morgan fingerprint density at radius 3 is 2.75 bits per heavy atom. The molecule has 0 bridgehead atoms. The standard InChI is InChI=1S/C23H26N6OS2/c1-14-7-6-8-15(2)21(14)25-12-19-27-28-23(29(19)3)31-13-20(30)26-22-17(11-24)16-9-4-5-10-18(16)32-22/h6-8,25H,4-5,9-10,12-13H2,1-3H3,(H,26,30). The van der Waals surface area contributed by atoms with E-state index in [1.807, 2.05) is 17.7 Å². The number of thiophene rings is 1. The average Bonchev–Trinajstić information content (AvgIpc) is 3.31. The van der Waals surface area contributed by atoms with Crippen LogP contribution in [0.4, 0.5) is 10.7 Å². The minimum absolute atomic E-state index is 0.136. The van der Waals surface area contributed by atoms with Crippen LogP contribution >= 0.6 is 23.1 Å². The summed E-state index contributed by atoms with van der Waals surface area (Å²) in [6.07, 6.45) is 4.18. The third kappa shape index (κ3) is 4.66. The number of rotatable bonds is 7. The maximum absolute atomic E-state index is 12.6. The molecule has 0 aliphatic heterocycles. The number of para-hydroxylation sites is 1. The number of hydrogen-bond acceptors (Lipinski definition) is 7. The van der Waals surface area contributed by atoms with Crippen LogP contribution in [0, 0.1) is 25.2 Å². The van der Waals surface area contributed by atoms with E-state index < -0.39 is 0 Å². The summed E-state index contributed by atoms with van der Waals surface area (Å²) >= 11 is 2.89. The van der Waals surface area contributed by atoms with Crippen molar-refractivity contribution in [3.05, 3.63) is 51.2 Å². The largest absolute Gasteiger partial charge is 0.377 e. The fraction of sp³-hybridized carbons (Fsp3) is 0.391. The van der Waals surface area contributed by atoms with Crippen LogP contribution in [0.15, 0.2) is 23.4 Å². The van der Waals surface area contributed by atoms with Gasteiger partial charge in [0.1, 0.15) is 11.1 Å². The Labute approximate surface area is 196 Å².